The number of hydrogen-bond donors (Lipinski definition) is 0. The van der Waals surface area contributed by atoms with E-state index in [0.717, 1.165) is 6.42 Å². The summed E-state index contributed by atoms with van der Waals surface area (Å²) in [4.78, 5) is 0. The Bertz CT molecular complexity index is 940. The summed E-state index contributed by atoms with van der Waals surface area (Å²) in [6, 6.07) is 26.2. The van der Waals surface area contributed by atoms with Gasteiger partial charge in [0.05, 0.1) is 0 Å². The van der Waals surface area contributed by atoms with E-state index in [2.05, 4.69) is 95.7 Å². The van der Waals surface area contributed by atoms with E-state index >= 15 is 0 Å². The second kappa shape index (κ2) is 5.82. The highest BCUT2D eigenvalue weighted by atomic mass is 79.9. The summed E-state index contributed by atoms with van der Waals surface area (Å²) in [5.41, 5.74) is 3.98. The Morgan fingerprint density at radius 3 is 1.61 bits per heavy atom. The average Bonchev–Trinajstić information content (AvgIpc) is 2.63. The fourth-order valence-electron chi connectivity index (χ4n) is 3.29. The Morgan fingerprint density at radius 2 is 1.13 bits per heavy atom. The van der Waals surface area contributed by atoms with Crippen molar-refractivity contribution in [3.05, 3.63) is 82.8 Å². The molecule has 0 atom stereocenters. The monoisotopic (exact) mass is 360 g/mol. The van der Waals surface area contributed by atoms with Gasteiger partial charge < -0.3 is 0 Å². The third-order valence-electron chi connectivity index (χ3n) is 4.52. The first-order chi connectivity index (χ1) is 11.3. The minimum absolute atomic E-state index is 1.07. The number of fused-ring (bicyclic) bond motifs is 2. The zero-order valence-corrected chi connectivity index (χ0v) is 14.6. The molecule has 0 unspecified atom stereocenters. The number of halogens is 1. The van der Waals surface area contributed by atoms with Crippen molar-refractivity contribution in [3.63, 3.8) is 0 Å². The van der Waals surface area contributed by atoms with Gasteiger partial charge in [0, 0.05) is 4.47 Å². The maximum atomic E-state index is 3.81. The maximum Gasteiger partial charge on any atom is 0.0332 e. The Hall–Kier alpha value is -2.12. The summed E-state index contributed by atoms with van der Waals surface area (Å²) in [7, 11) is 0. The Morgan fingerprint density at radius 1 is 0.652 bits per heavy atom. The second-order valence-corrected chi connectivity index (χ2v) is 6.62. The van der Waals surface area contributed by atoms with Gasteiger partial charge in [-0.05, 0) is 60.6 Å². The van der Waals surface area contributed by atoms with Crippen molar-refractivity contribution < 1.29 is 0 Å². The molecule has 0 bridgehead atoms. The Balaban J connectivity index is 2.15. The van der Waals surface area contributed by atoms with Crippen LogP contribution in [0.3, 0.4) is 0 Å². The van der Waals surface area contributed by atoms with Crippen molar-refractivity contribution in [3.8, 4) is 11.1 Å². The lowest BCUT2D eigenvalue weighted by Gasteiger charge is -2.14. The molecular weight excluding hydrogens is 344 g/mol. The van der Waals surface area contributed by atoms with E-state index in [0.29, 0.717) is 0 Å². The number of hydrogen-bond acceptors (Lipinski definition) is 0. The smallest absolute Gasteiger partial charge is 0.0332 e. The lowest BCUT2D eigenvalue weighted by Crippen LogP contribution is -1.88. The van der Waals surface area contributed by atoms with E-state index in [1.54, 1.807) is 0 Å². The molecule has 0 saturated carbocycles. The molecule has 4 rings (SSSR count). The van der Waals surface area contributed by atoms with Gasteiger partial charge >= 0.3 is 0 Å². The molecule has 0 heterocycles. The SMILES string of the molecule is CCc1ccc(-c2c3ccccc3c(Br)c3ccccc23)cc1. The van der Waals surface area contributed by atoms with Gasteiger partial charge in [0.15, 0.2) is 0 Å². The van der Waals surface area contributed by atoms with Crippen LogP contribution in [0.25, 0.3) is 32.7 Å². The highest BCUT2D eigenvalue weighted by Gasteiger charge is 2.13. The number of benzene rings is 4. The Labute approximate surface area is 144 Å². The quantitative estimate of drug-likeness (QED) is 0.338. The summed E-state index contributed by atoms with van der Waals surface area (Å²) in [6.45, 7) is 2.19. The summed E-state index contributed by atoms with van der Waals surface area (Å²) in [5.74, 6) is 0. The third-order valence-corrected chi connectivity index (χ3v) is 5.37. The van der Waals surface area contributed by atoms with Crippen LogP contribution in [0, 0.1) is 0 Å². The van der Waals surface area contributed by atoms with Crippen LogP contribution in [0.5, 0.6) is 0 Å². The van der Waals surface area contributed by atoms with E-state index in [-0.39, 0.29) is 0 Å². The summed E-state index contributed by atoms with van der Waals surface area (Å²) in [5, 5.41) is 5.12. The first kappa shape index (κ1) is 14.5. The molecule has 4 aromatic rings. The standard InChI is InChI=1S/C22H17Br/c1-2-15-11-13-16(14-12-15)21-17-7-3-5-9-19(17)22(23)20-10-6-4-8-18(20)21/h3-14H,2H2,1H3. The van der Waals surface area contributed by atoms with Crippen LogP contribution in [0.15, 0.2) is 77.3 Å². The molecule has 0 fully saturated rings. The molecule has 0 aliphatic heterocycles. The molecule has 1 heteroatoms. The second-order valence-electron chi connectivity index (χ2n) is 5.83. The van der Waals surface area contributed by atoms with Gasteiger partial charge in [-0.2, -0.15) is 0 Å². The molecular formula is C22H17Br. The van der Waals surface area contributed by atoms with Crippen LogP contribution in [0.2, 0.25) is 0 Å². The van der Waals surface area contributed by atoms with E-state index in [1.807, 2.05) is 0 Å². The molecule has 0 aliphatic rings. The molecule has 0 amide bonds. The van der Waals surface area contributed by atoms with E-state index in [1.165, 1.54) is 42.7 Å². The molecule has 0 aromatic heterocycles. The van der Waals surface area contributed by atoms with E-state index in [9.17, 15) is 0 Å². The van der Waals surface area contributed by atoms with Crippen LogP contribution in [0.4, 0.5) is 0 Å². The normalized spacial score (nSPS) is 11.2. The molecule has 0 spiro atoms. The largest absolute Gasteiger partial charge is 0.0616 e. The number of rotatable bonds is 2. The van der Waals surface area contributed by atoms with Gasteiger partial charge in [-0.3, -0.25) is 0 Å². The lowest BCUT2D eigenvalue weighted by atomic mass is 9.91. The molecule has 0 N–H and O–H groups in total. The average molecular weight is 361 g/mol. The first-order valence-corrected chi connectivity index (χ1v) is 8.77. The zero-order chi connectivity index (χ0) is 15.8. The topological polar surface area (TPSA) is 0 Å². The highest BCUT2D eigenvalue weighted by Crippen LogP contribution is 2.41. The van der Waals surface area contributed by atoms with Crippen LogP contribution < -0.4 is 0 Å². The summed E-state index contributed by atoms with van der Waals surface area (Å²) >= 11 is 3.81. The zero-order valence-electron chi connectivity index (χ0n) is 13.0. The van der Waals surface area contributed by atoms with Crippen LogP contribution in [-0.4, -0.2) is 0 Å². The first-order valence-electron chi connectivity index (χ1n) is 7.98. The third kappa shape index (κ3) is 2.36. The van der Waals surface area contributed by atoms with Gasteiger partial charge in [-0.25, -0.2) is 0 Å². The predicted octanol–water partition coefficient (Wildman–Crippen LogP) is 6.98. The minimum atomic E-state index is 1.07. The highest BCUT2D eigenvalue weighted by molar-refractivity contribution is 9.10. The molecule has 0 radical (unpaired) electrons. The van der Waals surface area contributed by atoms with Gasteiger partial charge in [0.25, 0.3) is 0 Å². The molecule has 0 nitrogen and oxygen atoms in total. The van der Waals surface area contributed by atoms with Crippen LogP contribution >= 0.6 is 15.9 Å². The maximum absolute atomic E-state index is 3.81. The molecule has 0 aliphatic carbocycles. The van der Waals surface area contributed by atoms with Crippen molar-refractivity contribution in [1.29, 1.82) is 0 Å². The van der Waals surface area contributed by atoms with Crippen molar-refractivity contribution in [2.75, 3.05) is 0 Å². The van der Waals surface area contributed by atoms with Crippen molar-refractivity contribution in [1.82, 2.24) is 0 Å². The van der Waals surface area contributed by atoms with Crippen molar-refractivity contribution in [2.24, 2.45) is 0 Å². The minimum Gasteiger partial charge on any atom is -0.0616 e. The van der Waals surface area contributed by atoms with Crippen LogP contribution in [0.1, 0.15) is 12.5 Å². The molecule has 23 heavy (non-hydrogen) atoms. The van der Waals surface area contributed by atoms with Gasteiger partial charge in [0.2, 0.25) is 0 Å². The van der Waals surface area contributed by atoms with Crippen molar-refractivity contribution >= 4 is 37.5 Å². The molecule has 4 aromatic carbocycles. The summed E-state index contributed by atoms with van der Waals surface area (Å²) < 4.78 is 1.18. The number of aryl methyl sites for hydroxylation is 1. The molecule has 0 saturated heterocycles. The van der Waals surface area contributed by atoms with Gasteiger partial charge in [0.1, 0.15) is 0 Å². The fourth-order valence-corrected chi connectivity index (χ4v) is 3.98. The fraction of sp³-hybridized carbons (Fsp3) is 0.0909. The van der Waals surface area contributed by atoms with Gasteiger partial charge in [-0.1, -0.05) is 79.7 Å². The van der Waals surface area contributed by atoms with Gasteiger partial charge in [-0.15, -0.1) is 0 Å². The Kier molecular flexibility index (Phi) is 3.66. The predicted molar refractivity (Wildman–Crippen MR) is 104 cm³/mol. The molecule has 112 valence electrons. The van der Waals surface area contributed by atoms with Crippen molar-refractivity contribution in [2.45, 2.75) is 13.3 Å². The van der Waals surface area contributed by atoms with Crippen LogP contribution in [-0.2, 0) is 6.42 Å². The lowest BCUT2D eigenvalue weighted by molar-refractivity contribution is 1.14. The van der Waals surface area contributed by atoms with E-state index in [4.69, 9.17) is 0 Å². The summed E-state index contributed by atoms with van der Waals surface area (Å²) in [6.07, 6.45) is 1.07. The van der Waals surface area contributed by atoms with E-state index < -0.39 is 0 Å².